The Labute approximate surface area is 115 Å². The van der Waals surface area contributed by atoms with E-state index in [0.717, 1.165) is 0 Å². The van der Waals surface area contributed by atoms with Crippen molar-refractivity contribution in [2.24, 2.45) is 0 Å². The Kier molecular flexibility index (Phi) is 4.11. The van der Waals surface area contributed by atoms with Crippen molar-refractivity contribution >= 4 is 29.4 Å². The van der Waals surface area contributed by atoms with Crippen LogP contribution in [0.15, 0.2) is 24.3 Å². The number of urea groups is 1. The molecule has 1 fully saturated rings. The predicted octanol–water partition coefficient (Wildman–Crippen LogP) is 2.17. The van der Waals surface area contributed by atoms with Crippen molar-refractivity contribution < 1.29 is 14.7 Å². The minimum absolute atomic E-state index is 0.243. The van der Waals surface area contributed by atoms with Crippen molar-refractivity contribution in [1.29, 1.82) is 0 Å². The summed E-state index contributed by atoms with van der Waals surface area (Å²) < 4.78 is 0. The zero-order chi connectivity index (χ0) is 13.8. The Hall–Kier alpha value is -1.95. The average Bonchev–Trinajstić information content (AvgIpc) is 2.39. The molecule has 1 saturated heterocycles. The Morgan fingerprint density at radius 3 is 2.37 bits per heavy atom. The third-order valence-corrected chi connectivity index (χ3v) is 3.15. The zero-order valence-electron chi connectivity index (χ0n) is 10.2. The lowest BCUT2D eigenvalue weighted by atomic mass is 10.3. The second-order valence-corrected chi connectivity index (χ2v) is 4.63. The highest BCUT2D eigenvalue weighted by atomic mass is 35.5. The number of rotatable bonds is 1. The van der Waals surface area contributed by atoms with Crippen LogP contribution in [0.3, 0.4) is 0 Å². The largest absolute Gasteiger partial charge is 0.465 e. The van der Waals surface area contributed by atoms with Crippen LogP contribution in [0, 0.1) is 0 Å². The lowest BCUT2D eigenvalue weighted by Gasteiger charge is -2.33. The predicted molar refractivity (Wildman–Crippen MR) is 71.6 cm³/mol. The van der Waals surface area contributed by atoms with Gasteiger partial charge in [-0.25, -0.2) is 9.59 Å². The van der Waals surface area contributed by atoms with Gasteiger partial charge in [0.15, 0.2) is 0 Å². The van der Waals surface area contributed by atoms with E-state index in [9.17, 15) is 9.59 Å². The Bertz CT molecular complexity index is 487. The minimum atomic E-state index is -0.949. The third-order valence-electron chi connectivity index (χ3n) is 2.91. The van der Waals surface area contributed by atoms with Gasteiger partial charge in [0.05, 0.1) is 0 Å². The summed E-state index contributed by atoms with van der Waals surface area (Å²) in [6, 6.07) is 6.64. The van der Waals surface area contributed by atoms with Gasteiger partial charge in [-0.05, 0) is 18.2 Å². The quantitative estimate of drug-likeness (QED) is 0.829. The standard InChI is InChI=1S/C12H14ClN3O3/c13-9-2-1-3-10(8-9)14-11(17)15-4-6-16(7-5-15)12(18)19/h1-3,8H,4-7H2,(H,14,17)(H,18,19). The number of benzene rings is 1. The van der Waals surface area contributed by atoms with E-state index in [1.54, 1.807) is 29.2 Å². The summed E-state index contributed by atoms with van der Waals surface area (Å²) in [4.78, 5) is 25.6. The maximum atomic E-state index is 12.0. The van der Waals surface area contributed by atoms with Gasteiger partial charge >= 0.3 is 12.1 Å². The van der Waals surface area contributed by atoms with E-state index in [-0.39, 0.29) is 6.03 Å². The molecule has 0 radical (unpaired) electrons. The Morgan fingerprint density at radius 1 is 1.16 bits per heavy atom. The van der Waals surface area contributed by atoms with E-state index in [4.69, 9.17) is 16.7 Å². The van der Waals surface area contributed by atoms with Gasteiger partial charge in [0.25, 0.3) is 0 Å². The highest BCUT2D eigenvalue weighted by molar-refractivity contribution is 6.30. The van der Waals surface area contributed by atoms with E-state index in [0.29, 0.717) is 36.9 Å². The number of carbonyl (C=O) groups excluding carboxylic acids is 1. The maximum Gasteiger partial charge on any atom is 0.407 e. The summed E-state index contributed by atoms with van der Waals surface area (Å²) in [6.07, 6.45) is -0.949. The number of anilines is 1. The Morgan fingerprint density at radius 2 is 1.79 bits per heavy atom. The summed E-state index contributed by atoms with van der Waals surface area (Å²) >= 11 is 5.83. The van der Waals surface area contributed by atoms with E-state index < -0.39 is 6.09 Å². The summed E-state index contributed by atoms with van der Waals surface area (Å²) in [5.41, 5.74) is 0.623. The molecular weight excluding hydrogens is 270 g/mol. The van der Waals surface area contributed by atoms with Gasteiger partial charge in [-0.15, -0.1) is 0 Å². The van der Waals surface area contributed by atoms with Crippen molar-refractivity contribution in [2.45, 2.75) is 0 Å². The zero-order valence-corrected chi connectivity index (χ0v) is 10.9. The normalized spacial score (nSPS) is 15.2. The van der Waals surface area contributed by atoms with Crippen LogP contribution in [-0.4, -0.2) is 53.2 Å². The fourth-order valence-electron chi connectivity index (χ4n) is 1.87. The topological polar surface area (TPSA) is 72.9 Å². The molecule has 0 saturated carbocycles. The molecule has 7 heteroatoms. The van der Waals surface area contributed by atoms with Crippen LogP contribution in [-0.2, 0) is 0 Å². The second-order valence-electron chi connectivity index (χ2n) is 4.20. The number of carboxylic acid groups (broad SMARTS) is 1. The fraction of sp³-hybridized carbons (Fsp3) is 0.333. The molecular formula is C12H14ClN3O3. The monoisotopic (exact) mass is 283 g/mol. The maximum absolute atomic E-state index is 12.0. The van der Waals surface area contributed by atoms with E-state index in [1.165, 1.54) is 4.90 Å². The number of halogens is 1. The first-order valence-corrected chi connectivity index (χ1v) is 6.23. The molecule has 102 valence electrons. The Balaban J connectivity index is 1.90. The van der Waals surface area contributed by atoms with Crippen LogP contribution in [0.2, 0.25) is 5.02 Å². The third kappa shape index (κ3) is 3.51. The number of nitrogens with zero attached hydrogens (tertiary/aromatic N) is 2. The van der Waals surface area contributed by atoms with Gasteiger partial charge in [0.1, 0.15) is 0 Å². The molecule has 1 aromatic carbocycles. The number of hydrogen-bond acceptors (Lipinski definition) is 2. The van der Waals surface area contributed by atoms with Gasteiger partial charge in [0, 0.05) is 36.9 Å². The molecule has 2 N–H and O–H groups in total. The van der Waals surface area contributed by atoms with Crippen LogP contribution in [0.1, 0.15) is 0 Å². The molecule has 1 heterocycles. The van der Waals surface area contributed by atoms with Crippen molar-refractivity contribution in [3.8, 4) is 0 Å². The molecule has 0 aromatic heterocycles. The molecule has 0 bridgehead atoms. The van der Waals surface area contributed by atoms with Crippen LogP contribution in [0.5, 0.6) is 0 Å². The molecule has 2 rings (SSSR count). The van der Waals surface area contributed by atoms with Gasteiger partial charge in [-0.2, -0.15) is 0 Å². The molecule has 0 spiro atoms. The number of hydrogen-bond donors (Lipinski definition) is 2. The van der Waals surface area contributed by atoms with E-state index in [2.05, 4.69) is 5.32 Å². The molecule has 0 aliphatic carbocycles. The van der Waals surface area contributed by atoms with Crippen molar-refractivity contribution in [1.82, 2.24) is 9.80 Å². The second kappa shape index (κ2) is 5.79. The van der Waals surface area contributed by atoms with Gasteiger partial charge in [-0.3, -0.25) is 0 Å². The lowest BCUT2D eigenvalue weighted by Crippen LogP contribution is -2.51. The fourth-order valence-corrected chi connectivity index (χ4v) is 2.06. The number of amides is 3. The van der Waals surface area contributed by atoms with Crippen LogP contribution in [0.25, 0.3) is 0 Å². The molecule has 3 amide bonds. The first kappa shape index (κ1) is 13.5. The van der Waals surface area contributed by atoms with Crippen molar-refractivity contribution in [2.75, 3.05) is 31.5 Å². The molecule has 0 unspecified atom stereocenters. The van der Waals surface area contributed by atoms with E-state index >= 15 is 0 Å². The van der Waals surface area contributed by atoms with Crippen LogP contribution >= 0.6 is 11.6 Å². The molecule has 1 aromatic rings. The van der Waals surface area contributed by atoms with Gasteiger partial charge in [-0.1, -0.05) is 17.7 Å². The minimum Gasteiger partial charge on any atom is -0.465 e. The van der Waals surface area contributed by atoms with Gasteiger partial charge < -0.3 is 20.2 Å². The molecule has 6 nitrogen and oxygen atoms in total. The number of piperazine rings is 1. The highest BCUT2D eigenvalue weighted by Gasteiger charge is 2.23. The first-order valence-electron chi connectivity index (χ1n) is 5.85. The highest BCUT2D eigenvalue weighted by Crippen LogP contribution is 2.15. The van der Waals surface area contributed by atoms with Crippen LogP contribution < -0.4 is 5.32 Å². The molecule has 1 aliphatic heterocycles. The molecule has 0 atom stereocenters. The van der Waals surface area contributed by atoms with Gasteiger partial charge in [0.2, 0.25) is 0 Å². The SMILES string of the molecule is O=C(O)N1CCN(C(=O)Nc2cccc(Cl)c2)CC1. The van der Waals surface area contributed by atoms with Crippen LogP contribution in [0.4, 0.5) is 15.3 Å². The van der Waals surface area contributed by atoms with Crippen molar-refractivity contribution in [3.63, 3.8) is 0 Å². The van der Waals surface area contributed by atoms with Crippen molar-refractivity contribution in [3.05, 3.63) is 29.3 Å². The summed E-state index contributed by atoms with van der Waals surface area (Å²) in [6.45, 7) is 1.44. The number of carbonyl (C=O) groups is 2. The van der Waals surface area contributed by atoms with E-state index in [1.807, 2.05) is 0 Å². The summed E-state index contributed by atoms with van der Waals surface area (Å²) in [7, 11) is 0. The summed E-state index contributed by atoms with van der Waals surface area (Å²) in [5.74, 6) is 0. The molecule has 1 aliphatic rings. The number of nitrogens with one attached hydrogen (secondary N) is 1. The summed E-state index contributed by atoms with van der Waals surface area (Å²) in [5, 5.41) is 12.1. The average molecular weight is 284 g/mol. The molecule has 19 heavy (non-hydrogen) atoms. The lowest BCUT2D eigenvalue weighted by molar-refractivity contribution is 0.115. The smallest absolute Gasteiger partial charge is 0.407 e. The first-order chi connectivity index (χ1) is 9.06.